The Kier molecular flexibility index (Phi) is 2.92. The molecule has 4 heteroatoms. The van der Waals surface area contributed by atoms with Crippen molar-refractivity contribution in [1.29, 1.82) is 0 Å². The molecule has 0 radical (unpaired) electrons. The van der Waals surface area contributed by atoms with E-state index in [-0.39, 0.29) is 10.6 Å². The summed E-state index contributed by atoms with van der Waals surface area (Å²) >= 11 is 0. The van der Waals surface area contributed by atoms with Crippen LogP contribution in [0.2, 0.25) is 0 Å². The van der Waals surface area contributed by atoms with Gasteiger partial charge in [-0.05, 0) is 31.0 Å². The summed E-state index contributed by atoms with van der Waals surface area (Å²) < 4.78 is 0. The Bertz CT molecular complexity index is 417. The van der Waals surface area contributed by atoms with Crippen molar-refractivity contribution in [3.05, 3.63) is 39.4 Å². The number of nitrogens with zero attached hydrogens (tertiary/aromatic N) is 2. The highest BCUT2D eigenvalue weighted by Crippen LogP contribution is 2.26. The minimum absolute atomic E-state index is 0.196. The molecule has 4 nitrogen and oxygen atoms in total. The van der Waals surface area contributed by atoms with E-state index >= 15 is 0 Å². The third kappa shape index (κ3) is 1.93. The Labute approximate surface area is 95.0 Å². The van der Waals surface area contributed by atoms with Crippen molar-refractivity contribution in [3.8, 4) is 0 Å². The van der Waals surface area contributed by atoms with Crippen LogP contribution in [0, 0.1) is 10.1 Å². The standard InChI is InChI=1S/C12H16N2O2/c1-3-11-6-9-4-5-12(14(15)16)7-10(9)8-13(11)2/h4-5,7,11H,3,6,8H2,1-2H3/t11-/m0/s1. The molecule has 1 atom stereocenters. The normalized spacial score (nSPS) is 20.5. The Balaban J connectivity index is 2.32. The summed E-state index contributed by atoms with van der Waals surface area (Å²) in [7, 11) is 2.08. The maximum atomic E-state index is 10.7. The first-order valence-electron chi connectivity index (χ1n) is 5.58. The van der Waals surface area contributed by atoms with E-state index < -0.39 is 0 Å². The van der Waals surface area contributed by atoms with Crippen molar-refractivity contribution in [2.75, 3.05) is 7.05 Å². The SMILES string of the molecule is CC[C@H]1Cc2ccc([N+](=O)[O-])cc2CN1C. The topological polar surface area (TPSA) is 46.4 Å². The van der Waals surface area contributed by atoms with Crippen LogP contribution < -0.4 is 0 Å². The highest BCUT2D eigenvalue weighted by atomic mass is 16.6. The molecule has 0 aromatic heterocycles. The number of nitro benzene ring substituents is 1. The van der Waals surface area contributed by atoms with E-state index in [2.05, 4.69) is 18.9 Å². The molecule has 0 saturated heterocycles. The van der Waals surface area contributed by atoms with E-state index in [0.29, 0.717) is 6.04 Å². The molecule has 0 amide bonds. The van der Waals surface area contributed by atoms with E-state index in [0.717, 1.165) is 24.9 Å². The van der Waals surface area contributed by atoms with Gasteiger partial charge in [0.15, 0.2) is 0 Å². The van der Waals surface area contributed by atoms with Gasteiger partial charge < -0.3 is 0 Å². The molecular weight excluding hydrogens is 204 g/mol. The zero-order valence-electron chi connectivity index (χ0n) is 9.64. The second-order valence-corrected chi connectivity index (χ2v) is 4.39. The molecule has 0 saturated carbocycles. The van der Waals surface area contributed by atoms with Crippen molar-refractivity contribution in [1.82, 2.24) is 4.90 Å². The highest BCUT2D eigenvalue weighted by Gasteiger charge is 2.23. The third-order valence-electron chi connectivity index (χ3n) is 3.37. The van der Waals surface area contributed by atoms with Gasteiger partial charge in [0, 0.05) is 24.7 Å². The molecule has 16 heavy (non-hydrogen) atoms. The largest absolute Gasteiger partial charge is 0.299 e. The van der Waals surface area contributed by atoms with Crippen LogP contribution in [0.4, 0.5) is 5.69 Å². The van der Waals surface area contributed by atoms with Gasteiger partial charge in [-0.15, -0.1) is 0 Å². The molecule has 86 valence electrons. The van der Waals surface area contributed by atoms with E-state index in [1.807, 2.05) is 6.07 Å². The predicted octanol–water partition coefficient (Wildman–Crippen LogP) is 2.36. The lowest BCUT2D eigenvalue weighted by Gasteiger charge is -2.33. The summed E-state index contributed by atoms with van der Waals surface area (Å²) in [6, 6.07) is 5.78. The molecule has 0 bridgehead atoms. The minimum Gasteiger partial charge on any atom is -0.299 e. The maximum Gasteiger partial charge on any atom is 0.269 e. The van der Waals surface area contributed by atoms with Gasteiger partial charge in [0.1, 0.15) is 0 Å². The zero-order valence-corrected chi connectivity index (χ0v) is 9.64. The summed E-state index contributed by atoms with van der Waals surface area (Å²) in [4.78, 5) is 12.6. The van der Waals surface area contributed by atoms with Gasteiger partial charge >= 0.3 is 0 Å². The Morgan fingerprint density at radius 1 is 1.50 bits per heavy atom. The number of non-ortho nitro benzene ring substituents is 1. The molecule has 0 spiro atoms. The number of rotatable bonds is 2. The van der Waals surface area contributed by atoms with Gasteiger partial charge in [0.25, 0.3) is 5.69 Å². The summed E-state index contributed by atoms with van der Waals surface area (Å²) in [6.45, 7) is 2.99. The molecule has 1 aliphatic rings. The van der Waals surface area contributed by atoms with Gasteiger partial charge in [-0.2, -0.15) is 0 Å². The zero-order chi connectivity index (χ0) is 11.7. The number of hydrogen-bond donors (Lipinski definition) is 0. The smallest absolute Gasteiger partial charge is 0.269 e. The van der Waals surface area contributed by atoms with Crippen LogP contribution in [-0.2, 0) is 13.0 Å². The number of likely N-dealkylation sites (N-methyl/N-ethyl adjacent to an activating group) is 1. The quantitative estimate of drug-likeness (QED) is 0.567. The van der Waals surface area contributed by atoms with Gasteiger partial charge in [0.05, 0.1) is 4.92 Å². The van der Waals surface area contributed by atoms with Gasteiger partial charge in [-0.25, -0.2) is 0 Å². The molecule has 2 rings (SSSR count). The predicted molar refractivity (Wildman–Crippen MR) is 62.3 cm³/mol. The first-order chi connectivity index (χ1) is 7.61. The summed E-state index contributed by atoms with van der Waals surface area (Å²) in [6.07, 6.45) is 2.12. The third-order valence-corrected chi connectivity index (χ3v) is 3.37. The van der Waals surface area contributed by atoms with Crippen LogP contribution in [0.25, 0.3) is 0 Å². The average Bonchev–Trinajstić information content (AvgIpc) is 2.27. The maximum absolute atomic E-state index is 10.7. The van der Waals surface area contributed by atoms with Crippen LogP contribution in [0.1, 0.15) is 24.5 Å². The molecule has 0 N–H and O–H groups in total. The summed E-state index contributed by atoms with van der Waals surface area (Å²) in [5.41, 5.74) is 2.55. The fraction of sp³-hybridized carbons (Fsp3) is 0.500. The summed E-state index contributed by atoms with van der Waals surface area (Å²) in [5.74, 6) is 0. The molecular formula is C12H16N2O2. The van der Waals surface area contributed by atoms with Crippen LogP contribution in [-0.4, -0.2) is 22.9 Å². The summed E-state index contributed by atoms with van der Waals surface area (Å²) in [5, 5.41) is 10.7. The van der Waals surface area contributed by atoms with Gasteiger partial charge in [0.2, 0.25) is 0 Å². The van der Waals surface area contributed by atoms with Crippen molar-refractivity contribution in [2.24, 2.45) is 0 Å². The van der Waals surface area contributed by atoms with Crippen LogP contribution >= 0.6 is 0 Å². The lowest BCUT2D eigenvalue weighted by Crippen LogP contribution is -2.36. The molecule has 0 unspecified atom stereocenters. The van der Waals surface area contributed by atoms with Crippen molar-refractivity contribution < 1.29 is 4.92 Å². The molecule has 1 aliphatic heterocycles. The fourth-order valence-electron chi connectivity index (χ4n) is 2.34. The number of nitro groups is 1. The molecule has 1 aromatic carbocycles. The van der Waals surface area contributed by atoms with Crippen LogP contribution in [0.15, 0.2) is 18.2 Å². The van der Waals surface area contributed by atoms with Gasteiger partial charge in [-0.1, -0.05) is 13.0 Å². The van der Waals surface area contributed by atoms with Crippen LogP contribution in [0.3, 0.4) is 0 Å². The Morgan fingerprint density at radius 3 is 2.88 bits per heavy atom. The average molecular weight is 220 g/mol. The monoisotopic (exact) mass is 220 g/mol. The lowest BCUT2D eigenvalue weighted by atomic mass is 9.93. The van der Waals surface area contributed by atoms with E-state index in [4.69, 9.17) is 0 Å². The van der Waals surface area contributed by atoms with Crippen LogP contribution in [0.5, 0.6) is 0 Å². The second kappa shape index (κ2) is 4.22. The van der Waals surface area contributed by atoms with E-state index in [9.17, 15) is 10.1 Å². The molecule has 0 aliphatic carbocycles. The second-order valence-electron chi connectivity index (χ2n) is 4.39. The van der Waals surface area contributed by atoms with Crippen molar-refractivity contribution in [2.45, 2.75) is 32.4 Å². The molecule has 0 fully saturated rings. The first-order valence-corrected chi connectivity index (χ1v) is 5.58. The van der Waals surface area contributed by atoms with Crippen molar-refractivity contribution >= 4 is 5.69 Å². The van der Waals surface area contributed by atoms with Gasteiger partial charge in [-0.3, -0.25) is 15.0 Å². The number of benzene rings is 1. The fourth-order valence-corrected chi connectivity index (χ4v) is 2.34. The van der Waals surface area contributed by atoms with E-state index in [1.165, 1.54) is 5.56 Å². The Morgan fingerprint density at radius 2 is 2.25 bits per heavy atom. The van der Waals surface area contributed by atoms with E-state index in [1.54, 1.807) is 12.1 Å². The molecule has 1 aromatic rings. The number of hydrogen-bond acceptors (Lipinski definition) is 3. The Hall–Kier alpha value is -1.42. The minimum atomic E-state index is -0.327. The number of fused-ring (bicyclic) bond motifs is 1. The van der Waals surface area contributed by atoms with Crippen molar-refractivity contribution in [3.63, 3.8) is 0 Å². The molecule has 1 heterocycles. The first kappa shape index (κ1) is 11.1. The lowest BCUT2D eigenvalue weighted by molar-refractivity contribution is -0.385. The highest BCUT2D eigenvalue weighted by molar-refractivity contribution is 5.41.